The number of hydrogen-bond acceptors (Lipinski definition) is 8. The van der Waals surface area contributed by atoms with Crippen LogP contribution in [0.1, 0.15) is 25.8 Å². The smallest absolute Gasteiger partial charge is 0.284 e. The SMILES string of the molecule is CCOC(C)c1noc(-c2nonc2N)n1. The molecule has 0 aliphatic carbocycles. The van der Waals surface area contributed by atoms with Crippen molar-refractivity contribution in [2.24, 2.45) is 0 Å². The zero-order valence-corrected chi connectivity index (χ0v) is 8.88. The van der Waals surface area contributed by atoms with E-state index < -0.39 is 0 Å². The standard InChI is InChI=1S/C8H11N5O3/c1-3-14-4(2)7-10-8(15-13-7)5-6(9)12-16-11-5/h4H,3H2,1-2H3,(H2,9,12). The monoisotopic (exact) mass is 225 g/mol. The summed E-state index contributed by atoms with van der Waals surface area (Å²) in [7, 11) is 0. The summed E-state index contributed by atoms with van der Waals surface area (Å²) in [6, 6.07) is 0. The first-order valence-electron chi connectivity index (χ1n) is 4.76. The van der Waals surface area contributed by atoms with Crippen molar-refractivity contribution < 1.29 is 13.9 Å². The fourth-order valence-electron chi connectivity index (χ4n) is 1.16. The molecule has 0 saturated heterocycles. The second-order valence-corrected chi connectivity index (χ2v) is 3.05. The summed E-state index contributed by atoms with van der Waals surface area (Å²) in [6.45, 7) is 4.28. The van der Waals surface area contributed by atoms with Crippen LogP contribution in [0.2, 0.25) is 0 Å². The van der Waals surface area contributed by atoms with E-state index in [1.807, 2.05) is 13.8 Å². The molecule has 2 aromatic heterocycles. The minimum absolute atomic E-state index is 0.110. The maximum atomic E-state index is 5.49. The van der Waals surface area contributed by atoms with E-state index in [9.17, 15) is 0 Å². The van der Waals surface area contributed by atoms with Gasteiger partial charge in [0.05, 0.1) is 0 Å². The van der Waals surface area contributed by atoms with Gasteiger partial charge in [0.1, 0.15) is 6.10 Å². The molecular formula is C8H11N5O3. The summed E-state index contributed by atoms with van der Waals surface area (Å²) < 4.78 is 14.7. The predicted octanol–water partition coefficient (Wildman–Crippen LogP) is 0.799. The number of nitrogens with zero attached hydrogens (tertiary/aromatic N) is 4. The van der Waals surface area contributed by atoms with Gasteiger partial charge in [-0.05, 0) is 24.2 Å². The topological polar surface area (TPSA) is 113 Å². The van der Waals surface area contributed by atoms with Gasteiger partial charge in [0, 0.05) is 6.61 Å². The minimum atomic E-state index is -0.247. The number of hydrogen-bond donors (Lipinski definition) is 1. The van der Waals surface area contributed by atoms with Crippen LogP contribution >= 0.6 is 0 Å². The third kappa shape index (κ3) is 1.87. The summed E-state index contributed by atoms with van der Waals surface area (Å²) in [5.41, 5.74) is 5.73. The highest BCUT2D eigenvalue weighted by Gasteiger charge is 2.19. The van der Waals surface area contributed by atoms with E-state index in [1.54, 1.807) is 0 Å². The number of nitrogens with two attached hydrogens (primary N) is 1. The van der Waals surface area contributed by atoms with E-state index in [2.05, 4.69) is 25.1 Å². The van der Waals surface area contributed by atoms with Crippen LogP contribution in [0, 0.1) is 0 Å². The zero-order valence-electron chi connectivity index (χ0n) is 8.88. The zero-order chi connectivity index (χ0) is 11.5. The Morgan fingerprint density at radius 3 is 2.81 bits per heavy atom. The number of ether oxygens (including phenoxy) is 1. The summed E-state index contributed by atoms with van der Waals surface area (Å²) in [5, 5.41) is 10.7. The van der Waals surface area contributed by atoms with Crippen LogP contribution in [0.3, 0.4) is 0 Å². The first kappa shape index (κ1) is 10.6. The Bertz CT molecular complexity index is 466. The third-order valence-corrected chi connectivity index (χ3v) is 1.94. The Balaban J connectivity index is 2.23. The molecular weight excluding hydrogens is 214 g/mol. The largest absolute Gasteiger partial charge is 0.379 e. The highest BCUT2D eigenvalue weighted by Crippen LogP contribution is 2.22. The van der Waals surface area contributed by atoms with Crippen molar-refractivity contribution in [2.75, 3.05) is 12.3 Å². The highest BCUT2D eigenvalue weighted by molar-refractivity contribution is 5.60. The number of nitrogen functional groups attached to an aromatic ring is 1. The van der Waals surface area contributed by atoms with Gasteiger partial charge in [0.2, 0.25) is 17.3 Å². The van der Waals surface area contributed by atoms with Crippen molar-refractivity contribution in [3.63, 3.8) is 0 Å². The first-order valence-corrected chi connectivity index (χ1v) is 4.76. The van der Waals surface area contributed by atoms with Crippen LogP contribution in [0.15, 0.2) is 9.15 Å². The average Bonchev–Trinajstić information content (AvgIpc) is 2.86. The molecule has 2 heterocycles. The Hall–Kier alpha value is -1.96. The van der Waals surface area contributed by atoms with Gasteiger partial charge in [-0.1, -0.05) is 5.16 Å². The molecule has 2 rings (SSSR count). The Morgan fingerprint density at radius 2 is 2.19 bits per heavy atom. The molecule has 0 aliphatic rings. The molecule has 0 aromatic carbocycles. The predicted molar refractivity (Wildman–Crippen MR) is 52.0 cm³/mol. The summed E-state index contributed by atoms with van der Waals surface area (Å²) in [5.74, 6) is 0.707. The lowest BCUT2D eigenvalue weighted by atomic mass is 10.4. The van der Waals surface area contributed by atoms with E-state index in [1.165, 1.54) is 0 Å². The lowest BCUT2D eigenvalue weighted by Gasteiger charge is -2.04. The van der Waals surface area contributed by atoms with Gasteiger partial charge in [-0.3, -0.25) is 0 Å². The average molecular weight is 225 g/mol. The van der Waals surface area contributed by atoms with Crippen LogP contribution in [0.4, 0.5) is 5.82 Å². The number of anilines is 1. The Kier molecular flexibility index (Phi) is 2.82. The van der Waals surface area contributed by atoms with E-state index in [0.29, 0.717) is 12.4 Å². The normalized spacial score (nSPS) is 12.9. The summed E-state index contributed by atoms with van der Waals surface area (Å²) >= 11 is 0. The second kappa shape index (κ2) is 4.27. The van der Waals surface area contributed by atoms with Crippen LogP contribution < -0.4 is 5.73 Å². The third-order valence-electron chi connectivity index (χ3n) is 1.94. The maximum Gasteiger partial charge on any atom is 0.284 e. The molecule has 2 N–H and O–H groups in total. The molecule has 0 amide bonds. The Morgan fingerprint density at radius 1 is 1.38 bits per heavy atom. The van der Waals surface area contributed by atoms with Gasteiger partial charge in [-0.15, -0.1) is 0 Å². The molecule has 0 fully saturated rings. The molecule has 0 spiro atoms. The molecule has 8 heteroatoms. The van der Waals surface area contributed by atoms with E-state index in [4.69, 9.17) is 15.0 Å². The van der Waals surface area contributed by atoms with Crippen LogP contribution in [0.25, 0.3) is 11.6 Å². The molecule has 1 unspecified atom stereocenters. The quantitative estimate of drug-likeness (QED) is 0.812. The molecule has 2 aromatic rings. The Labute approximate surface area is 90.7 Å². The lowest BCUT2D eigenvalue weighted by Crippen LogP contribution is -2.01. The van der Waals surface area contributed by atoms with Crippen molar-refractivity contribution in [1.82, 2.24) is 20.5 Å². The van der Waals surface area contributed by atoms with Crippen LogP contribution in [-0.2, 0) is 4.74 Å². The maximum absolute atomic E-state index is 5.49. The molecule has 86 valence electrons. The summed E-state index contributed by atoms with van der Waals surface area (Å²) in [6.07, 6.45) is -0.247. The van der Waals surface area contributed by atoms with Gasteiger partial charge in [0.25, 0.3) is 5.89 Å². The molecule has 0 saturated carbocycles. The van der Waals surface area contributed by atoms with Crippen molar-refractivity contribution in [1.29, 1.82) is 0 Å². The second-order valence-electron chi connectivity index (χ2n) is 3.05. The highest BCUT2D eigenvalue weighted by atomic mass is 16.6. The van der Waals surface area contributed by atoms with Crippen LogP contribution in [0.5, 0.6) is 0 Å². The molecule has 0 radical (unpaired) electrons. The molecule has 16 heavy (non-hydrogen) atoms. The van der Waals surface area contributed by atoms with E-state index >= 15 is 0 Å². The van der Waals surface area contributed by atoms with E-state index in [-0.39, 0.29) is 23.5 Å². The lowest BCUT2D eigenvalue weighted by molar-refractivity contribution is 0.0683. The van der Waals surface area contributed by atoms with Gasteiger partial charge in [-0.2, -0.15) is 4.98 Å². The summed E-state index contributed by atoms with van der Waals surface area (Å²) in [4.78, 5) is 4.09. The van der Waals surface area contributed by atoms with Crippen molar-refractivity contribution >= 4 is 5.82 Å². The first-order chi connectivity index (χ1) is 7.72. The number of aromatic nitrogens is 4. The van der Waals surface area contributed by atoms with Gasteiger partial charge < -0.3 is 15.0 Å². The van der Waals surface area contributed by atoms with Crippen LogP contribution in [-0.4, -0.2) is 27.1 Å². The molecule has 0 aliphatic heterocycles. The fraction of sp³-hybridized carbons (Fsp3) is 0.500. The molecule has 8 nitrogen and oxygen atoms in total. The fourth-order valence-corrected chi connectivity index (χ4v) is 1.16. The number of rotatable bonds is 4. The minimum Gasteiger partial charge on any atom is -0.379 e. The van der Waals surface area contributed by atoms with Gasteiger partial charge >= 0.3 is 0 Å². The van der Waals surface area contributed by atoms with Crippen molar-refractivity contribution in [3.05, 3.63) is 5.82 Å². The van der Waals surface area contributed by atoms with Gasteiger partial charge in [0.15, 0.2) is 0 Å². The molecule has 0 bridgehead atoms. The van der Waals surface area contributed by atoms with Crippen molar-refractivity contribution in [2.45, 2.75) is 20.0 Å². The van der Waals surface area contributed by atoms with Gasteiger partial charge in [-0.25, -0.2) is 4.63 Å². The van der Waals surface area contributed by atoms with Crippen molar-refractivity contribution in [3.8, 4) is 11.6 Å². The van der Waals surface area contributed by atoms with E-state index in [0.717, 1.165) is 0 Å². The molecule has 1 atom stereocenters.